The van der Waals surface area contributed by atoms with Crippen molar-refractivity contribution >= 4 is 11.5 Å². The molecule has 0 aromatic carbocycles. The average molecular weight is 266 g/mol. The summed E-state index contributed by atoms with van der Waals surface area (Å²) in [6.45, 7) is 9.78. The second kappa shape index (κ2) is 7.81. The van der Waals surface area contributed by atoms with Crippen LogP contribution in [0.2, 0.25) is 0 Å². The highest BCUT2D eigenvalue weighted by Crippen LogP contribution is 2.26. The van der Waals surface area contributed by atoms with Crippen LogP contribution < -0.4 is 15.8 Å². The predicted molar refractivity (Wildman–Crippen MR) is 79.6 cm³/mol. The minimum Gasteiger partial charge on any atom is -0.476 e. The molecule has 0 unspecified atom stereocenters. The molecule has 0 spiro atoms. The highest BCUT2D eigenvalue weighted by atomic mass is 16.5. The van der Waals surface area contributed by atoms with E-state index in [4.69, 9.17) is 10.5 Å². The van der Waals surface area contributed by atoms with Gasteiger partial charge in [-0.3, -0.25) is 0 Å². The van der Waals surface area contributed by atoms with Gasteiger partial charge in [0.1, 0.15) is 11.5 Å². The molecule has 0 radical (unpaired) electrons. The van der Waals surface area contributed by atoms with Crippen molar-refractivity contribution in [3.8, 4) is 5.88 Å². The van der Waals surface area contributed by atoms with Gasteiger partial charge < -0.3 is 15.8 Å². The highest BCUT2D eigenvalue weighted by Gasteiger charge is 2.13. The molecule has 1 aromatic heterocycles. The van der Waals surface area contributed by atoms with E-state index in [-0.39, 0.29) is 0 Å². The normalized spacial score (nSPS) is 10.8. The van der Waals surface area contributed by atoms with E-state index >= 15 is 0 Å². The second-order valence-corrected chi connectivity index (χ2v) is 5.02. The van der Waals surface area contributed by atoms with Gasteiger partial charge in [0.15, 0.2) is 5.82 Å². The van der Waals surface area contributed by atoms with E-state index < -0.39 is 0 Å². The van der Waals surface area contributed by atoms with Gasteiger partial charge >= 0.3 is 0 Å². The standard InChI is InChI=1S/C14H26N4O/c1-5-7-8-16-13-12(15)14(19-6-2)18-11(17-13)9-10(3)4/h10H,5-9,15H2,1-4H3,(H,16,17,18). The van der Waals surface area contributed by atoms with Crippen LogP contribution in [-0.2, 0) is 6.42 Å². The summed E-state index contributed by atoms with van der Waals surface area (Å²) in [5.74, 6) is 2.47. The fourth-order valence-corrected chi connectivity index (χ4v) is 1.71. The van der Waals surface area contributed by atoms with Crippen LogP contribution in [0.5, 0.6) is 5.88 Å². The van der Waals surface area contributed by atoms with Crippen molar-refractivity contribution in [3.63, 3.8) is 0 Å². The van der Waals surface area contributed by atoms with Gasteiger partial charge in [-0.15, -0.1) is 0 Å². The number of nitrogens with two attached hydrogens (primary N) is 1. The molecule has 0 aliphatic heterocycles. The van der Waals surface area contributed by atoms with E-state index in [1.54, 1.807) is 0 Å². The van der Waals surface area contributed by atoms with E-state index in [9.17, 15) is 0 Å². The minimum absolute atomic E-state index is 0.493. The molecule has 3 N–H and O–H groups in total. The van der Waals surface area contributed by atoms with E-state index in [1.165, 1.54) is 0 Å². The van der Waals surface area contributed by atoms with Gasteiger partial charge in [0, 0.05) is 13.0 Å². The smallest absolute Gasteiger partial charge is 0.242 e. The molecule has 0 saturated carbocycles. The minimum atomic E-state index is 0.493. The molecule has 0 saturated heterocycles. The molecule has 5 heteroatoms. The molecule has 1 aromatic rings. The maximum absolute atomic E-state index is 6.04. The number of ether oxygens (including phenoxy) is 1. The van der Waals surface area contributed by atoms with Gasteiger partial charge in [0.05, 0.1) is 6.61 Å². The van der Waals surface area contributed by atoms with Gasteiger partial charge in [-0.05, 0) is 19.3 Å². The number of hydrogen-bond acceptors (Lipinski definition) is 5. The number of nitrogen functional groups attached to an aromatic ring is 1. The Balaban J connectivity index is 2.94. The van der Waals surface area contributed by atoms with Gasteiger partial charge in [-0.1, -0.05) is 27.2 Å². The van der Waals surface area contributed by atoms with Crippen LogP contribution in [0.4, 0.5) is 11.5 Å². The SMILES string of the molecule is CCCCNc1nc(CC(C)C)nc(OCC)c1N. The fourth-order valence-electron chi connectivity index (χ4n) is 1.71. The van der Waals surface area contributed by atoms with E-state index in [2.05, 4.69) is 36.1 Å². The third-order valence-electron chi connectivity index (χ3n) is 2.65. The van der Waals surface area contributed by atoms with Crippen LogP contribution in [-0.4, -0.2) is 23.1 Å². The van der Waals surface area contributed by atoms with Crippen molar-refractivity contribution in [3.05, 3.63) is 5.82 Å². The summed E-state index contributed by atoms with van der Waals surface area (Å²) < 4.78 is 5.49. The lowest BCUT2D eigenvalue weighted by Gasteiger charge is -2.14. The summed E-state index contributed by atoms with van der Waals surface area (Å²) in [6.07, 6.45) is 3.05. The molecule has 0 amide bonds. The Morgan fingerprint density at radius 2 is 2.00 bits per heavy atom. The Labute approximate surface area is 116 Å². The molecule has 0 aliphatic carbocycles. The number of rotatable bonds is 8. The first-order valence-corrected chi connectivity index (χ1v) is 7.11. The summed E-state index contributed by atoms with van der Waals surface area (Å²) in [4.78, 5) is 8.89. The number of nitrogens with one attached hydrogen (secondary N) is 1. The first-order valence-electron chi connectivity index (χ1n) is 7.11. The molecule has 0 fully saturated rings. The largest absolute Gasteiger partial charge is 0.476 e. The van der Waals surface area contributed by atoms with Gasteiger partial charge in [0.2, 0.25) is 5.88 Å². The molecular formula is C14H26N4O. The van der Waals surface area contributed by atoms with Crippen molar-refractivity contribution in [1.29, 1.82) is 0 Å². The van der Waals surface area contributed by atoms with E-state index in [0.29, 0.717) is 29.9 Å². The Morgan fingerprint density at radius 3 is 2.58 bits per heavy atom. The second-order valence-electron chi connectivity index (χ2n) is 5.02. The molecule has 108 valence electrons. The molecule has 5 nitrogen and oxygen atoms in total. The summed E-state index contributed by atoms with van der Waals surface area (Å²) in [5.41, 5.74) is 6.54. The predicted octanol–water partition coefficient (Wildman–Crippen LogP) is 2.87. The number of hydrogen-bond donors (Lipinski definition) is 2. The lowest BCUT2D eigenvalue weighted by Crippen LogP contribution is -2.12. The summed E-state index contributed by atoms with van der Waals surface area (Å²) in [7, 11) is 0. The van der Waals surface area contributed by atoms with Crippen LogP contribution in [0.1, 0.15) is 46.4 Å². The van der Waals surface area contributed by atoms with Gasteiger partial charge in [-0.25, -0.2) is 4.98 Å². The van der Waals surface area contributed by atoms with Crippen molar-refractivity contribution in [2.45, 2.75) is 47.0 Å². The van der Waals surface area contributed by atoms with Crippen molar-refractivity contribution < 1.29 is 4.74 Å². The summed E-state index contributed by atoms with van der Waals surface area (Å²) in [6, 6.07) is 0. The maximum Gasteiger partial charge on any atom is 0.242 e. The average Bonchev–Trinajstić information content (AvgIpc) is 2.34. The van der Waals surface area contributed by atoms with Crippen LogP contribution in [0.25, 0.3) is 0 Å². The zero-order valence-corrected chi connectivity index (χ0v) is 12.5. The van der Waals surface area contributed by atoms with E-state index in [0.717, 1.165) is 31.6 Å². The lowest BCUT2D eigenvalue weighted by molar-refractivity contribution is 0.326. The van der Waals surface area contributed by atoms with Gasteiger partial charge in [0.25, 0.3) is 0 Å². The number of anilines is 2. The quantitative estimate of drug-likeness (QED) is 0.708. The Hall–Kier alpha value is -1.52. The monoisotopic (exact) mass is 266 g/mol. The third-order valence-corrected chi connectivity index (χ3v) is 2.65. The maximum atomic E-state index is 6.04. The molecule has 1 rings (SSSR count). The van der Waals surface area contributed by atoms with Crippen LogP contribution in [0.3, 0.4) is 0 Å². The molecule has 0 atom stereocenters. The first-order chi connectivity index (χ1) is 9.08. The molecule has 19 heavy (non-hydrogen) atoms. The number of nitrogens with zero attached hydrogens (tertiary/aromatic N) is 2. The summed E-state index contributed by atoms with van der Waals surface area (Å²) >= 11 is 0. The Bertz CT molecular complexity index is 393. The topological polar surface area (TPSA) is 73.1 Å². The van der Waals surface area contributed by atoms with Crippen molar-refractivity contribution in [2.75, 3.05) is 24.2 Å². The Kier molecular flexibility index (Phi) is 6.39. The van der Waals surface area contributed by atoms with E-state index in [1.807, 2.05) is 6.92 Å². The van der Waals surface area contributed by atoms with Crippen LogP contribution in [0.15, 0.2) is 0 Å². The zero-order chi connectivity index (χ0) is 14.3. The van der Waals surface area contributed by atoms with Crippen molar-refractivity contribution in [2.24, 2.45) is 5.92 Å². The molecule has 0 aliphatic rings. The third kappa shape index (κ3) is 4.93. The number of aromatic nitrogens is 2. The van der Waals surface area contributed by atoms with Crippen molar-refractivity contribution in [1.82, 2.24) is 9.97 Å². The Morgan fingerprint density at radius 1 is 1.26 bits per heavy atom. The zero-order valence-electron chi connectivity index (χ0n) is 12.5. The van der Waals surface area contributed by atoms with Gasteiger partial charge in [-0.2, -0.15) is 4.98 Å². The van der Waals surface area contributed by atoms with Crippen LogP contribution >= 0.6 is 0 Å². The fraction of sp³-hybridized carbons (Fsp3) is 0.714. The lowest BCUT2D eigenvalue weighted by atomic mass is 10.1. The number of unbranched alkanes of at least 4 members (excludes halogenated alkanes) is 1. The highest BCUT2D eigenvalue weighted by molar-refractivity contribution is 5.66. The molecular weight excluding hydrogens is 240 g/mol. The first kappa shape index (κ1) is 15.5. The summed E-state index contributed by atoms with van der Waals surface area (Å²) in [5, 5.41) is 3.27. The van der Waals surface area contributed by atoms with Crippen LogP contribution in [0, 0.1) is 5.92 Å². The molecule has 1 heterocycles. The molecule has 0 bridgehead atoms.